The molecule has 242 valence electrons. The summed E-state index contributed by atoms with van der Waals surface area (Å²) < 4.78 is 2.04. The minimum atomic E-state index is -0.363. The molecule has 2 aliphatic rings. The Morgan fingerprint density at radius 3 is 1.37 bits per heavy atom. The lowest BCUT2D eigenvalue weighted by Crippen LogP contribution is -2.25. The Bertz CT molecular complexity index is 2940. The van der Waals surface area contributed by atoms with Gasteiger partial charge in [-0.1, -0.05) is 140 Å². The van der Waals surface area contributed by atoms with Crippen molar-refractivity contribution in [2.75, 3.05) is 0 Å². The monoisotopic (exact) mass is 678 g/mol. The first-order valence-corrected chi connectivity index (χ1v) is 18.6. The Labute approximate surface area is 305 Å². The van der Waals surface area contributed by atoms with Crippen LogP contribution in [0.25, 0.3) is 75.8 Å². The van der Waals surface area contributed by atoms with Crippen molar-refractivity contribution in [2.45, 2.75) is 5.41 Å². The predicted octanol–water partition coefficient (Wildman–Crippen LogP) is 12.8. The summed E-state index contributed by atoms with van der Waals surface area (Å²) >= 11 is 1.67. The van der Waals surface area contributed by atoms with E-state index in [1.165, 1.54) is 55.6 Å². The van der Waals surface area contributed by atoms with Gasteiger partial charge in [-0.05, 0) is 120 Å². The van der Waals surface area contributed by atoms with Gasteiger partial charge in [0, 0.05) is 20.2 Å². The average Bonchev–Trinajstić information content (AvgIpc) is 3.68. The Morgan fingerprint density at radius 1 is 0.327 bits per heavy atom. The van der Waals surface area contributed by atoms with Crippen molar-refractivity contribution in [2.24, 2.45) is 0 Å². The summed E-state index contributed by atoms with van der Waals surface area (Å²) in [6.45, 7) is 0. The molecule has 0 N–H and O–H groups in total. The van der Waals surface area contributed by atoms with Crippen molar-refractivity contribution in [1.82, 2.24) is 0 Å². The van der Waals surface area contributed by atoms with Gasteiger partial charge in [0.15, 0.2) is 5.43 Å². The molecule has 8 aromatic carbocycles. The van der Waals surface area contributed by atoms with E-state index < -0.39 is 0 Å². The molecule has 9 aromatic rings. The van der Waals surface area contributed by atoms with Crippen molar-refractivity contribution in [3.05, 3.63) is 214 Å². The second-order valence-corrected chi connectivity index (χ2v) is 15.0. The van der Waals surface area contributed by atoms with E-state index in [1.54, 1.807) is 11.3 Å². The molecule has 2 heteroatoms. The highest BCUT2D eigenvalue weighted by Crippen LogP contribution is 2.63. The minimum absolute atomic E-state index is 0.0962. The van der Waals surface area contributed by atoms with E-state index in [1.807, 2.05) is 24.3 Å². The van der Waals surface area contributed by atoms with Gasteiger partial charge in [-0.2, -0.15) is 0 Å². The van der Waals surface area contributed by atoms with Crippen LogP contribution in [0.2, 0.25) is 0 Å². The van der Waals surface area contributed by atoms with Gasteiger partial charge in [-0.15, -0.1) is 11.3 Å². The third kappa shape index (κ3) is 4.07. The van der Waals surface area contributed by atoms with Gasteiger partial charge in [-0.3, -0.25) is 4.79 Å². The van der Waals surface area contributed by atoms with E-state index in [9.17, 15) is 4.79 Å². The number of hydrogen-bond acceptors (Lipinski definition) is 2. The molecule has 0 amide bonds. The largest absolute Gasteiger partial charge is 0.289 e. The van der Waals surface area contributed by atoms with Gasteiger partial charge in [-0.25, -0.2) is 0 Å². The molecule has 1 aromatic heterocycles. The van der Waals surface area contributed by atoms with Crippen LogP contribution >= 0.6 is 11.3 Å². The van der Waals surface area contributed by atoms with Crippen molar-refractivity contribution >= 4 is 31.5 Å². The lowest BCUT2D eigenvalue weighted by molar-refractivity contribution is 0.794. The lowest BCUT2D eigenvalue weighted by Gasteiger charge is -2.30. The van der Waals surface area contributed by atoms with Crippen molar-refractivity contribution in [3.8, 4) is 55.6 Å². The van der Waals surface area contributed by atoms with Crippen LogP contribution in [0.4, 0.5) is 0 Å². The van der Waals surface area contributed by atoms with Crippen molar-refractivity contribution in [1.29, 1.82) is 0 Å². The molecule has 52 heavy (non-hydrogen) atoms. The Morgan fingerprint density at radius 2 is 0.769 bits per heavy atom. The lowest BCUT2D eigenvalue weighted by atomic mass is 9.70. The molecule has 1 spiro atoms. The number of hydrogen-bond donors (Lipinski definition) is 0. The first kappa shape index (κ1) is 29.4. The van der Waals surface area contributed by atoms with Crippen LogP contribution < -0.4 is 5.43 Å². The first-order chi connectivity index (χ1) is 25.7. The summed E-state index contributed by atoms with van der Waals surface area (Å²) in [5.74, 6) is 0. The second-order valence-electron chi connectivity index (χ2n) is 13.9. The molecule has 0 unspecified atom stereocenters. The smallest absolute Gasteiger partial charge is 0.195 e. The molecule has 0 aliphatic heterocycles. The van der Waals surface area contributed by atoms with Crippen LogP contribution in [0.15, 0.2) is 187 Å². The molecule has 0 radical (unpaired) electrons. The summed E-state index contributed by atoms with van der Waals surface area (Å²) in [6, 6.07) is 65.8. The Hall–Kier alpha value is -6.35. The van der Waals surface area contributed by atoms with Crippen LogP contribution in [0.5, 0.6) is 0 Å². The predicted molar refractivity (Wildman–Crippen MR) is 218 cm³/mol. The molecule has 0 saturated heterocycles. The number of benzene rings is 8. The van der Waals surface area contributed by atoms with E-state index >= 15 is 0 Å². The van der Waals surface area contributed by atoms with E-state index in [2.05, 4.69) is 158 Å². The van der Waals surface area contributed by atoms with Crippen LogP contribution in [0, 0.1) is 0 Å². The fraction of sp³-hybridized carbons (Fsp3) is 0.0200. The third-order valence-electron chi connectivity index (χ3n) is 11.3. The van der Waals surface area contributed by atoms with E-state index in [0.29, 0.717) is 0 Å². The summed E-state index contributed by atoms with van der Waals surface area (Å²) in [5.41, 5.74) is 17.3. The summed E-state index contributed by atoms with van der Waals surface area (Å²) in [6.07, 6.45) is 0. The zero-order valence-electron chi connectivity index (χ0n) is 28.1. The van der Waals surface area contributed by atoms with Crippen LogP contribution in [-0.2, 0) is 5.41 Å². The van der Waals surface area contributed by atoms with Gasteiger partial charge in [0.2, 0.25) is 0 Å². The molecule has 0 bridgehead atoms. The molecule has 1 heterocycles. The van der Waals surface area contributed by atoms with Crippen LogP contribution in [0.3, 0.4) is 0 Å². The quantitative estimate of drug-likeness (QED) is 0.170. The maximum atomic E-state index is 13.5. The minimum Gasteiger partial charge on any atom is -0.289 e. The molecular formula is C50H30OS. The first-order valence-electron chi connectivity index (χ1n) is 17.8. The topological polar surface area (TPSA) is 17.1 Å². The summed E-state index contributed by atoms with van der Waals surface area (Å²) in [4.78, 5) is 13.5. The Balaban J connectivity index is 1.03. The number of fused-ring (bicyclic) bond motifs is 12. The maximum Gasteiger partial charge on any atom is 0.195 e. The van der Waals surface area contributed by atoms with E-state index in [4.69, 9.17) is 0 Å². The average molecular weight is 679 g/mol. The highest BCUT2D eigenvalue weighted by molar-refractivity contribution is 7.24. The van der Waals surface area contributed by atoms with Crippen molar-refractivity contribution in [3.63, 3.8) is 0 Å². The third-order valence-corrected chi connectivity index (χ3v) is 12.4. The zero-order valence-corrected chi connectivity index (χ0v) is 29.0. The van der Waals surface area contributed by atoms with Gasteiger partial charge in [0.05, 0.1) is 5.41 Å². The highest BCUT2D eigenvalue weighted by atomic mass is 32.1. The van der Waals surface area contributed by atoms with Gasteiger partial charge in [0.25, 0.3) is 0 Å². The highest BCUT2D eigenvalue weighted by Gasteiger charge is 2.51. The summed E-state index contributed by atoms with van der Waals surface area (Å²) in [7, 11) is 0. The van der Waals surface area contributed by atoms with Gasteiger partial charge < -0.3 is 0 Å². The van der Waals surface area contributed by atoms with Crippen molar-refractivity contribution < 1.29 is 0 Å². The SMILES string of the molecule is O=c1c2ccccc2sc2ccc(-c3cccc(-c4cccc(-c5ccc6c(c5)C5(c7ccccc7-c7ccccc75)c5ccccc5-6)c4)c3)cc12. The molecule has 0 saturated carbocycles. The molecular weight excluding hydrogens is 649 g/mol. The fourth-order valence-electron chi connectivity index (χ4n) is 9.01. The zero-order chi connectivity index (χ0) is 34.4. The van der Waals surface area contributed by atoms with Gasteiger partial charge >= 0.3 is 0 Å². The molecule has 1 nitrogen and oxygen atoms in total. The maximum absolute atomic E-state index is 13.5. The standard InChI is InChI=1S/C50H30OS/c51-49-41-18-4-8-22-47(41)52-48-26-24-35(29-42(48)49)33-13-9-11-31(27-33)32-12-10-14-34(28-32)36-23-25-40-39-17-3-7-21-45(39)50(46(40)30-36)43-19-5-1-15-37(43)38-16-2-6-20-44(38)50/h1-30H. The van der Waals surface area contributed by atoms with Crippen LogP contribution in [-0.4, -0.2) is 0 Å². The normalized spacial score (nSPS) is 13.2. The van der Waals surface area contributed by atoms with Crippen LogP contribution in [0.1, 0.15) is 22.3 Å². The van der Waals surface area contributed by atoms with E-state index in [-0.39, 0.29) is 10.8 Å². The van der Waals surface area contributed by atoms with E-state index in [0.717, 1.165) is 42.4 Å². The second kappa shape index (κ2) is 11.1. The van der Waals surface area contributed by atoms with Gasteiger partial charge in [0.1, 0.15) is 0 Å². The number of rotatable bonds is 3. The fourth-order valence-corrected chi connectivity index (χ4v) is 10.1. The Kier molecular flexibility index (Phi) is 6.26. The molecule has 11 rings (SSSR count). The molecule has 0 atom stereocenters. The molecule has 0 fully saturated rings. The molecule has 2 aliphatic carbocycles. The summed E-state index contributed by atoms with van der Waals surface area (Å²) in [5, 5.41) is 1.56.